The van der Waals surface area contributed by atoms with Crippen molar-refractivity contribution in [1.29, 1.82) is 0 Å². The van der Waals surface area contributed by atoms with E-state index in [0.717, 1.165) is 59.6 Å². The first-order chi connectivity index (χ1) is 17.0. The lowest BCUT2D eigenvalue weighted by Crippen LogP contribution is -2.38. The van der Waals surface area contributed by atoms with Gasteiger partial charge in [0.15, 0.2) is 0 Å². The highest BCUT2D eigenvalue weighted by Gasteiger charge is 2.36. The molecule has 0 radical (unpaired) electrons. The van der Waals surface area contributed by atoms with Crippen molar-refractivity contribution in [3.05, 3.63) is 106 Å². The molecule has 0 bridgehead atoms. The number of carbonyl (C=O) groups excluding carboxylic acids is 1. The predicted molar refractivity (Wildman–Crippen MR) is 129 cm³/mol. The number of fused-ring (bicyclic) bond motifs is 5. The maximum absolute atomic E-state index is 14.4. The van der Waals surface area contributed by atoms with Gasteiger partial charge in [0.05, 0.1) is 24.0 Å². The molecule has 1 aliphatic carbocycles. The van der Waals surface area contributed by atoms with Crippen LogP contribution in [0.3, 0.4) is 0 Å². The van der Waals surface area contributed by atoms with Crippen LogP contribution < -0.4 is 5.32 Å². The van der Waals surface area contributed by atoms with E-state index >= 15 is 0 Å². The van der Waals surface area contributed by atoms with Gasteiger partial charge in [-0.3, -0.25) is 0 Å². The van der Waals surface area contributed by atoms with Crippen molar-refractivity contribution in [3.63, 3.8) is 0 Å². The number of urea groups is 1. The average Bonchev–Trinajstić information content (AvgIpc) is 3.43. The van der Waals surface area contributed by atoms with Crippen molar-refractivity contribution in [2.24, 2.45) is 0 Å². The minimum atomic E-state index is -0.844. The molecule has 0 saturated carbocycles. The Kier molecular flexibility index (Phi) is 5.40. The highest BCUT2D eigenvalue weighted by molar-refractivity contribution is 7.15. The highest BCUT2D eigenvalue weighted by atomic mass is 32.1. The van der Waals surface area contributed by atoms with Gasteiger partial charge >= 0.3 is 6.03 Å². The molecule has 1 N–H and O–H groups in total. The third-order valence-corrected chi connectivity index (χ3v) is 8.13. The van der Waals surface area contributed by atoms with E-state index < -0.39 is 23.7 Å². The molecule has 8 heteroatoms. The van der Waals surface area contributed by atoms with Crippen LogP contribution in [0.15, 0.2) is 60.8 Å². The second-order valence-corrected chi connectivity index (χ2v) is 10.0. The smallest absolute Gasteiger partial charge is 0.310 e. The van der Waals surface area contributed by atoms with Crippen LogP contribution in [0.5, 0.6) is 0 Å². The third kappa shape index (κ3) is 3.82. The summed E-state index contributed by atoms with van der Waals surface area (Å²) in [6.45, 7) is 0.319. The van der Waals surface area contributed by atoms with E-state index in [1.54, 1.807) is 28.4 Å². The summed E-state index contributed by atoms with van der Waals surface area (Å²) < 4.78 is 43.7. The molecule has 0 spiro atoms. The minimum absolute atomic E-state index is 0.0959. The molecule has 2 aromatic carbocycles. The van der Waals surface area contributed by atoms with Gasteiger partial charge in [0.25, 0.3) is 0 Å². The van der Waals surface area contributed by atoms with Gasteiger partial charge in [0.1, 0.15) is 22.5 Å². The van der Waals surface area contributed by atoms with Gasteiger partial charge in [-0.05, 0) is 73.2 Å². The number of anilines is 1. The second kappa shape index (κ2) is 8.61. The molecule has 0 saturated heterocycles. The first-order valence-electron chi connectivity index (χ1n) is 11.6. The van der Waals surface area contributed by atoms with Crippen LogP contribution in [-0.4, -0.2) is 15.5 Å². The number of thiophene rings is 1. The topological polar surface area (TPSA) is 37.3 Å². The Bertz CT molecular complexity index is 1430. The Morgan fingerprint density at radius 2 is 1.71 bits per heavy atom. The summed E-state index contributed by atoms with van der Waals surface area (Å²) in [6.07, 6.45) is 6.23. The van der Waals surface area contributed by atoms with E-state index in [2.05, 4.69) is 9.88 Å². The van der Waals surface area contributed by atoms with Crippen molar-refractivity contribution in [1.82, 2.24) is 9.47 Å². The number of nitrogens with zero attached hydrogens (tertiary/aromatic N) is 2. The minimum Gasteiger partial charge on any atom is -0.310 e. The number of rotatable bonds is 2. The molecule has 4 nitrogen and oxygen atoms in total. The maximum Gasteiger partial charge on any atom is 0.323 e. The molecular formula is C27H22F3N3OS. The lowest BCUT2D eigenvalue weighted by Gasteiger charge is -2.31. The Labute approximate surface area is 204 Å². The van der Waals surface area contributed by atoms with Gasteiger partial charge in [-0.2, -0.15) is 0 Å². The van der Waals surface area contributed by atoms with Crippen molar-refractivity contribution in [3.8, 4) is 5.00 Å². The normalized spacial score (nSPS) is 16.8. The number of aromatic nitrogens is 1. The SMILES string of the molecule is O=C(Nc1ccc(F)cc1F)N1Cc2c(sc3c2CCCC3)-n2cccc2C1c1ccc(F)cc1. The molecule has 2 aromatic heterocycles. The fourth-order valence-electron chi connectivity index (χ4n) is 5.16. The van der Waals surface area contributed by atoms with Crippen LogP contribution in [-0.2, 0) is 19.4 Å². The Hall–Kier alpha value is -3.52. The Balaban J connectivity index is 1.49. The molecule has 2 aliphatic rings. The van der Waals surface area contributed by atoms with Crippen LogP contribution in [0.4, 0.5) is 23.7 Å². The fourth-order valence-corrected chi connectivity index (χ4v) is 6.56. The lowest BCUT2D eigenvalue weighted by molar-refractivity contribution is 0.194. The zero-order chi connectivity index (χ0) is 24.1. The Morgan fingerprint density at radius 1 is 0.943 bits per heavy atom. The van der Waals surface area contributed by atoms with Crippen molar-refractivity contribution >= 4 is 23.1 Å². The molecule has 1 atom stereocenters. The fraction of sp³-hybridized carbons (Fsp3) is 0.222. The number of amides is 2. The quantitative estimate of drug-likeness (QED) is 0.322. The number of hydrogen-bond acceptors (Lipinski definition) is 2. The van der Waals surface area contributed by atoms with Crippen LogP contribution in [0.1, 0.15) is 46.1 Å². The number of benzene rings is 2. The molecule has 0 fully saturated rings. The van der Waals surface area contributed by atoms with Crippen molar-refractivity contribution < 1.29 is 18.0 Å². The highest BCUT2D eigenvalue weighted by Crippen LogP contribution is 2.44. The summed E-state index contributed by atoms with van der Waals surface area (Å²) in [4.78, 5) is 16.7. The molecule has 35 heavy (non-hydrogen) atoms. The molecule has 178 valence electrons. The van der Waals surface area contributed by atoms with Crippen LogP contribution in [0.25, 0.3) is 5.00 Å². The molecular weight excluding hydrogens is 471 g/mol. The van der Waals surface area contributed by atoms with Gasteiger partial charge < -0.3 is 14.8 Å². The second-order valence-electron chi connectivity index (χ2n) is 8.93. The van der Waals surface area contributed by atoms with Crippen LogP contribution in [0, 0.1) is 17.5 Å². The van der Waals surface area contributed by atoms with E-state index in [1.165, 1.54) is 28.6 Å². The maximum atomic E-state index is 14.4. The average molecular weight is 494 g/mol. The van der Waals surface area contributed by atoms with Crippen molar-refractivity contribution in [2.45, 2.75) is 38.3 Å². The summed E-state index contributed by atoms with van der Waals surface area (Å²) in [5, 5.41) is 3.73. The molecule has 2 amide bonds. The number of carbonyl (C=O) groups is 1. The number of aryl methyl sites for hydroxylation is 1. The van der Waals surface area contributed by atoms with E-state index in [0.29, 0.717) is 6.54 Å². The van der Waals surface area contributed by atoms with Gasteiger partial charge in [0, 0.05) is 22.7 Å². The van der Waals surface area contributed by atoms with Crippen LogP contribution in [0.2, 0.25) is 0 Å². The first kappa shape index (κ1) is 22.0. The van der Waals surface area contributed by atoms with E-state index in [-0.39, 0.29) is 11.5 Å². The zero-order valence-electron chi connectivity index (χ0n) is 18.7. The van der Waals surface area contributed by atoms with Crippen LogP contribution >= 0.6 is 11.3 Å². The molecule has 1 unspecified atom stereocenters. The first-order valence-corrected chi connectivity index (χ1v) is 12.4. The standard InChI is InChI=1S/C27H22F3N3OS/c28-17-9-7-16(8-10-17)25-23-5-3-13-32(23)26-20(19-4-1-2-6-24(19)35-26)15-33(25)27(34)31-22-12-11-18(29)14-21(22)30/h3,5,7-14,25H,1-2,4,6,15H2,(H,31,34). The summed E-state index contributed by atoms with van der Waals surface area (Å²) in [5.41, 5.74) is 3.90. The van der Waals surface area contributed by atoms with E-state index in [9.17, 15) is 18.0 Å². The largest absolute Gasteiger partial charge is 0.323 e. The molecule has 3 heterocycles. The summed E-state index contributed by atoms with van der Waals surface area (Å²) in [5.74, 6) is -1.93. The summed E-state index contributed by atoms with van der Waals surface area (Å²) in [6, 6.07) is 12.0. The summed E-state index contributed by atoms with van der Waals surface area (Å²) in [7, 11) is 0. The molecule has 4 aromatic rings. The number of halogens is 3. The number of nitrogens with one attached hydrogen (secondary N) is 1. The molecule has 1 aliphatic heterocycles. The molecule has 6 rings (SSSR count). The third-order valence-electron chi connectivity index (χ3n) is 6.80. The van der Waals surface area contributed by atoms with E-state index in [1.807, 2.05) is 18.3 Å². The lowest BCUT2D eigenvalue weighted by atomic mass is 9.95. The van der Waals surface area contributed by atoms with Gasteiger partial charge in [-0.25, -0.2) is 18.0 Å². The summed E-state index contributed by atoms with van der Waals surface area (Å²) >= 11 is 1.76. The zero-order valence-corrected chi connectivity index (χ0v) is 19.5. The predicted octanol–water partition coefficient (Wildman–Crippen LogP) is 6.97. The monoisotopic (exact) mass is 493 g/mol. The Morgan fingerprint density at radius 3 is 2.51 bits per heavy atom. The van der Waals surface area contributed by atoms with Crippen molar-refractivity contribution in [2.75, 3.05) is 5.32 Å². The van der Waals surface area contributed by atoms with Gasteiger partial charge in [-0.15, -0.1) is 11.3 Å². The number of hydrogen-bond donors (Lipinski definition) is 1. The van der Waals surface area contributed by atoms with E-state index in [4.69, 9.17) is 0 Å². The van der Waals surface area contributed by atoms with Gasteiger partial charge in [0.2, 0.25) is 0 Å². The van der Waals surface area contributed by atoms with Gasteiger partial charge in [-0.1, -0.05) is 12.1 Å².